The molecule has 17 heavy (non-hydrogen) atoms. The van der Waals surface area contributed by atoms with Crippen LogP contribution in [0.3, 0.4) is 0 Å². The molecule has 0 aromatic heterocycles. The smallest absolute Gasteiger partial charge is 0.403 e. The fourth-order valence-electron chi connectivity index (χ4n) is 1.21. The molecule has 1 aromatic carbocycles. The second-order valence-corrected chi connectivity index (χ2v) is 3.16. The van der Waals surface area contributed by atoms with Gasteiger partial charge in [-0.05, 0) is 18.2 Å². The van der Waals surface area contributed by atoms with Crippen molar-refractivity contribution in [2.24, 2.45) is 16.5 Å². The van der Waals surface area contributed by atoms with Gasteiger partial charge in [-0.1, -0.05) is 0 Å². The Kier molecular flexibility index (Phi) is 3.62. The maximum Gasteiger partial charge on any atom is 0.417 e. The molecule has 0 aliphatic heterocycles. The number of aliphatic imine (C=N–C) groups is 1. The summed E-state index contributed by atoms with van der Waals surface area (Å²) >= 11 is 0. The van der Waals surface area contributed by atoms with Crippen molar-refractivity contribution in [2.75, 3.05) is 5.73 Å². The molecule has 0 saturated carbocycles. The average molecular weight is 244 g/mol. The van der Waals surface area contributed by atoms with Gasteiger partial charge in [-0.15, -0.1) is 0 Å². The Balaban J connectivity index is 3.35. The zero-order valence-corrected chi connectivity index (χ0v) is 8.70. The van der Waals surface area contributed by atoms with Crippen molar-refractivity contribution in [1.82, 2.24) is 0 Å². The quantitative estimate of drug-likeness (QED) is 0.417. The van der Waals surface area contributed by atoms with Crippen LogP contribution in [0, 0.1) is 0 Å². The maximum atomic E-state index is 12.7. The van der Waals surface area contributed by atoms with Gasteiger partial charge >= 0.3 is 6.18 Å². The van der Waals surface area contributed by atoms with Crippen LogP contribution in [0.1, 0.15) is 11.1 Å². The highest BCUT2D eigenvalue weighted by atomic mass is 19.4. The van der Waals surface area contributed by atoms with Crippen LogP contribution in [0.25, 0.3) is 0 Å². The molecule has 0 bridgehead atoms. The summed E-state index contributed by atoms with van der Waals surface area (Å²) in [6, 6.07) is 3.13. The Morgan fingerprint density at radius 1 is 1.29 bits per heavy atom. The van der Waals surface area contributed by atoms with Crippen LogP contribution >= 0.6 is 0 Å². The SMILES string of the molecule is N/C=C\N=C(N)c1cc(N)ccc1C(F)(F)F. The van der Waals surface area contributed by atoms with Crippen LogP contribution in [0.4, 0.5) is 18.9 Å². The van der Waals surface area contributed by atoms with Crippen LogP contribution in [-0.4, -0.2) is 5.84 Å². The highest BCUT2D eigenvalue weighted by Crippen LogP contribution is 2.32. The number of alkyl halides is 3. The average Bonchev–Trinajstić information content (AvgIpc) is 2.24. The third kappa shape index (κ3) is 3.13. The zero-order valence-electron chi connectivity index (χ0n) is 8.70. The molecule has 6 N–H and O–H groups in total. The van der Waals surface area contributed by atoms with E-state index in [-0.39, 0.29) is 17.1 Å². The lowest BCUT2D eigenvalue weighted by atomic mass is 10.1. The molecular weight excluding hydrogens is 233 g/mol. The minimum atomic E-state index is -4.52. The fourth-order valence-corrected chi connectivity index (χ4v) is 1.21. The standard InChI is InChI=1S/C10H11F3N4/c11-10(12,13)8-2-1-6(15)5-7(8)9(16)17-4-3-14/h1-5H,14-15H2,(H2,16,17)/b4-3-. The summed E-state index contributed by atoms with van der Waals surface area (Å²) in [5.74, 6) is -0.300. The monoisotopic (exact) mass is 244 g/mol. The van der Waals surface area contributed by atoms with Crippen LogP contribution in [0.15, 0.2) is 35.6 Å². The minimum absolute atomic E-state index is 0.169. The zero-order chi connectivity index (χ0) is 13.1. The van der Waals surface area contributed by atoms with Gasteiger partial charge in [0.25, 0.3) is 0 Å². The van der Waals surface area contributed by atoms with Gasteiger partial charge in [-0.25, -0.2) is 4.99 Å². The number of rotatable bonds is 2. The van der Waals surface area contributed by atoms with Gasteiger partial charge in [0, 0.05) is 23.7 Å². The molecule has 0 atom stereocenters. The largest absolute Gasteiger partial charge is 0.417 e. The topological polar surface area (TPSA) is 90.4 Å². The van der Waals surface area contributed by atoms with Crippen molar-refractivity contribution in [2.45, 2.75) is 6.18 Å². The van der Waals surface area contributed by atoms with E-state index in [0.717, 1.165) is 30.6 Å². The van der Waals surface area contributed by atoms with E-state index in [9.17, 15) is 13.2 Å². The van der Waals surface area contributed by atoms with E-state index in [1.165, 1.54) is 0 Å². The van der Waals surface area contributed by atoms with Crippen molar-refractivity contribution < 1.29 is 13.2 Å². The van der Waals surface area contributed by atoms with E-state index >= 15 is 0 Å². The normalized spacial score (nSPS) is 13.2. The first-order valence-corrected chi connectivity index (χ1v) is 4.53. The number of benzene rings is 1. The Morgan fingerprint density at radius 3 is 2.47 bits per heavy atom. The molecule has 0 amide bonds. The first-order valence-electron chi connectivity index (χ1n) is 4.53. The van der Waals surface area contributed by atoms with Gasteiger partial charge in [0.05, 0.1) is 5.56 Å². The Bertz CT molecular complexity index is 463. The fraction of sp³-hybridized carbons (Fsp3) is 0.100. The number of nitrogens with zero attached hydrogens (tertiary/aromatic N) is 1. The molecule has 7 heteroatoms. The van der Waals surface area contributed by atoms with E-state index in [1.54, 1.807) is 0 Å². The molecule has 0 heterocycles. The lowest BCUT2D eigenvalue weighted by molar-refractivity contribution is -0.137. The lowest BCUT2D eigenvalue weighted by Crippen LogP contribution is -2.20. The van der Waals surface area contributed by atoms with Gasteiger partial charge in [0.15, 0.2) is 0 Å². The third-order valence-electron chi connectivity index (χ3n) is 1.92. The van der Waals surface area contributed by atoms with Crippen LogP contribution in [0.5, 0.6) is 0 Å². The summed E-state index contributed by atoms with van der Waals surface area (Å²) in [6.45, 7) is 0. The van der Waals surface area contributed by atoms with Crippen molar-refractivity contribution >= 4 is 11.5 Å². The van der Waals surface area contributed by atoms with E-state index < -0.39 is 11.7 Å². The molecule has 0 spiro atoms. The Labute approximate surface area is 95.6 Å². The highest BCUT2D eigenvalue weighted by Gasteiger charge is 2.34. The summed E-state index contributed by atoms with van der Waals surface area (Å²) in [5, 5.41) is 0. The van der Waals surface area contributed by atoms with E-state index in [2.05, 4.69) is 4.99 Å². The first-order chi connectivity index (χ1) is 7.86. The van der Waals surface area contributed by atoms with Gasteiger partial charge in [0.2, 0.25) is 0 Å². The minimum Gasteiger partial charge on any atom is -0.403 e. The molecule has 92 valence electrons. The van der Waals surface area contributed by atoms with E-state index in [4.69, 9.17) is 17.2 Å². The number of anilines is 1. The second-order valence-electron chi connectivity index (χ2n) is 3.16. The van der Waals surface area contributed by atoms with Crippen LogP contribution in [-0.2, 0) is 6.18 Å². The summed E-state index contributed by atoms with van der Waals surface area (Å²) in [4.78, 5) is 3.56. The number of hydrogen-bond acceptors (Lipinski definition) is 3. The molecule has 1 aromatic rings. The lowest BCUT2D eigenvalue weighted by Gasteiger charge is -2.12. The molecule has 0 aliphatic carbocycles. The second kappa shape index (κ2) is 4.77. The first kappa shape index (κ1) is 12.9. The van der Waals surface area contributed by atoms with Crippen LogP contribution < -0.4 is 17.2 Å². The number of amidine groups is 1. The predicted molar refractivity (Wildman–Crippen MR) is 59.9 cm³/mol. The molecule has 0 saturated heterocycles. The molecule has 0 aliphatic rings. The van der Waals surface area contributed by atoms with Gasteiger partial charge in [-0.2, -0.15) is 13.2 Å². The van der Waals surface area contributed by atoms with Crippen molar-refractivity contribution in [1.29, 1.82) is 0 Å². The van der Waals surface area contributed by atoms with Gasteiger partial charge in [0.1, 0.15) is 5.84 Å². The Hall–Kier alpha value is -2.18. The predicted octanol–water partition coefficient (Wildman–Crippen LogP) is 1.42. The highest BCUT2D eigenvalue weighted by molar-refractivity contribution is 6.00. The van der Waals surface area contributed by atoms with Crippen LogP contribution in [0.2, 0.25) is 0 Å². The molecule has 4 nitrogen and oxygen atoms in total. The number of hydrogen-bond donors (Lipinski definition) is 3. The molecule has 0 unspecified atom stereocenters. The van der Waals surface area contributed by atoms with Crippen molar-refractivity contribution in [3.63, 3.8) is 0 Å². The van der Waals surface area contributed by atoms with Gasteiger partial charge < -0.3 is 17.2 Å². The van der Waals surface area contributed by atoms with E-state index in [1.807, 2.05) is 0 Å². The Morgan fingerprint density at radius 2 is 1.94 bits per heavy atom. The van der Waals surface area contributed by atoms with Crippen molar-refractivity contribution in [3.05, 3.63) is 41.7 Å². The van der Waals surface area contributed by atoms with E-state index in [0.29, 0.717) is 0 Å². The molecule has 1 rings (SSSR count). The third-order valence-corrected chi connectivity index (χ3v) is 1.92. The molecule has 0 radical (unpaired) electrons. The summed E-state index contributed by atoms with van der Waals surface area (Å²) in [6.07, 6.45) is -2.36. The van der Waals surface area contributed by atoms with Gasteiger partial charge in [-0.3, -0.25) is 0 Å². The summed E-state index contributed by atoms with van der Waals surface area (Å²) < 4.78 is 38.0. The summed E-state index contributed by atoms with van der Waals surface area (Å²) in [7, 11) is 0. The number of nitrogens with two attached hydrogens (primary N) is 3. The number of nitrogen functional groups attached to an aromatic ring is 1. The number of halogens is 3. The maximum absolute atomic E-state index is 12.7. The summed E-state index contributed by atoms with van der Waals surface area (Å²) in [5.41, 5.74) is 14.9. The van der Waals surface area contributed by atoms with Crippen molar-refractivity contribution in [3.8, 4) is 0 Å². The molecular formula is C10H11F3N4. The molecule has 0 fully saturated rings.